The topological polar surface area (TPSA) is 71.4 Å². The Balaban J connectivity index is 1.47. The molecule has 2 aromatic carbocycles. The van der Waals surface area contributed by atoms with Crippen LogP contribution in [0.4, 0.5) is 10.1 Å². The van der Waals surface area contributed by atoms with E-state index >= 15 is 0 Å². The number of thiocarbonyl (C=S) groups is 1. The van der Waals surface area contributed by atoms with Crippen LogP contribution in [0.3, 0.4) is 0 Å². The first-order chi connectivity index (χ1) is 18.5. The molecule has 2 aromatic heterocycles. The van der Waals surface area contributed by atoms with E-state index in [4.69, 9.17) is 17.0 Å². The number of aryl methyl sites for hydroxylation is 1. The number of rotatable bonds is 8. The van der Waals surface area contributed by atoms with E-state index in [9.17, 15) is 9.18 Å². The number of amides is 1. The molecule has 38 heavy (non-hydrogen) atoms. The molecule has 7 nitrogen and oxygen atoms in total. The van der Waals surface area contributed by atoms with Gasteiger partial charge in [-0.15, -0.1) is 0 Å². The van der Waals surface area contributed by atoms with Gasteiger partial charge in [-0.25, -0.2) is 4.39 Å². The van der Waals surface area contributed by atoms with Gasteiger partial charge in [0.25, 0.3) is 0 Å². The smallest absolute Gasteiger partial charge is 0.226 e. The van der Waals surface area contributed by atoms with Crippen LogP contribution in [-0.4, -0.2) is 39.1 Å². The normalized spacial score (nSPS) is 16.8. The highest BCUT2D eigenvalue weighted by Gasteiger charge is 2.41. The van der Waals surface area contributed by atoms with Gasteiger partial charge in [-0.3, -0.25) is 9.78 Å². The Morgan fingerprint density at radius 1 is 1.08 bits per heavy atom. The van der Waals surface area contributed by atoms with E-state index in [1.807, 2.05) is 47.4 Å². The van der Waals surface area contributed by atoms with Crippen LogP contribution in [0.1, 0.15) is 35.6 Å². The molecule has 0 bridgehead atoms. The number of halogens is 1. The van der Waals surface area contributed by atoms with Gasteiger partial charge in [0.1, 0.15) is 11.6 Å². The van der Waals surface area contributed by atoms with E-state index in [1.54, 1.807) is 31.5 Å². The molecule has 1 fully saturated rings. The van der Waals surface area contributed by atoms with Crippen molar-refractivity contribution in [3.8, 4) is 11.4 Å². The highest BCUT2D eigenvalue weighted by molar-refractivity contribution is 7.80. The molecule has 0 aliphatic carbocycles. The first-order valence-corrected chi connectivity index (χ1v) is 12.7. The zero-order valence-corrected chi connectivity index (χ0v) is 21.9. The monoisotopic (exact) mass is 529 g/mol. The summed E-state index contributed by atoms with van der Waals surface area (Å²) in [5.41, 5.74) is 4.05. The number of carbonyl (C=O) groups is 1. The lowest BCUT2D eigenvalue weighted by atomic mass is 10.0. The average molecular weight is 530 g/mol. The van der Waals surface area contributed by atoms with Gasteiger partial charge < -0.3 is 24.8 Å². The molecule has 1 saturated heterocycles. The third-order valence-corrected chi connectivity index (χ3v) is 7.02. The standard InChI is InChI=1S/C29H28FN5O2S/c1-19-10-15-25(35(19)20-11-13-21(37-2)14-12-20)28-27(24-9-5-6-17-31-24)33-29(38)34(28)18-16-26(36)32-23-8-4-3-7-22(23)30/h3-15,17,27-28H,16,18H2,1-2H3,(H,32,36)(H,33,38)/t27-,28+/m0/s1. The first-order valence-electron chi connectivity index (χ1n) is 12.3. The predicted octanol–water partition coefficient (Wildman–Crippen LogP) is 5.33. The number of ether oxygens (including phenoxy) is 1. The molecule has 3 heterocycles. The van der Waals surface area contributed by atoms with Crippen molar-refractivity contribution in [2.75, 3.05) is 19.0 Å². The fourth-order valence-electron chi connectivity index (χ4n) is 4.84. The van der Waals surface area contributed by atoms with Crippen molar-refractivity contribution in [1.82, 2.24) is 19.8 Å². The Hall–Kier alpha value is -4.24. The Labute approximate surface area is 226 Å². The molecule has 194 valence electrons. The maximum Gasteiger partial charge on any atom is 0.226 e. The van der Waals surface area contributed by atoms with Crippen LogP contribution in [0.25, 0.3) is 5.69 Å². The number of hydrogen-bond donors (Lipinski definition) is 2. The van der Waals surface area contributed by atoms with Gasteiger partial charge in [-0.05, 0) is 79.8 Å². The zero-order chi connectivity index (χ0) is 26.6. The van der Waals surface area contributed by atoms with Gasteiger partial charge in [0.2, 0.25) is 5.91 Å². The van der Waals surface area contributed by atoms with Gasteiger partial charge in [-0.2, -0.15) is 0 Å². The molecule has 1 amide bonds. The minimum Gasteiger partial charge on any atom is -0.497 e. The predicted molar refractivity (Wildman–Crippen MR) is 149 cm³/mol. The van der Waals surface area contributed by atoms with Crippen LogP contribution in [-0.2, 0) is 4.79 Å². The molecule has 2 atom stereocenters. The maximum atomic E-state index is 14.1. The molecule has 5 rings (SSSR count). The average Bonchev–Trinajstić information content (AvgIpc) is 3.48. The number of anilines is 1. The Morgan fingerprint density at radius 2 is 1.84 bits per heavy atom. The quantitative estimate of drug-likeness (QED) is 0.301. The summed E-state index contributed by atoms with van der Waals surface area (Å²) in [6, 6.07) is 23.5. The van der Waals surface area contributed by atoms with Gasteiger partial charge in [-0.1, -0.05) is 18.2 Å². The van der Waals surface area contributed by atoms with Crippen LogP contribution in [0.15, 0.2) is 85.1 Å². The number of carbonyl (C=O) groups excluding carboxylic acids is 1. The number of pyridine rings is 1. The summed E-state index contributed by atoms with van der Waals surface area (Å²) in [5.74, 6) is 0.0115. The Kier molecular flexibility index (Phi) is 7.37. The molecule has 0 saturated carbocycles. The molecular formula is C29H28FN5O2S. The fourth-order valence-corrected chi connectivity index (χ4v) is 5.17. The summed E-state index contributed by atoms with van der Waals surface area (Å²) in [6.45, 7) is 2.39. The van der Waals surface area contributed by atoms with Crippen LogP contribution in [0, 0.1) is 12.7 Å². The lowest BCUT2D eigenvalue weighted by Crippen LogP contribution is -2.33. The first kappa shape index (κ1) is 25.4. The van der Waals surface area contributed by atoms with Gasteiger partial charge in [0.05, 0.1) is 30.6 Å². The van der Waals surface area contributed by atoms with Gasteiger partial charge in [0.15, 0.2) is 5.11 Å². The number of para-hydroxylation sites is 1. The van der Waals surface area contributed by atoms with Crippen LogP contribution in [0.2, 0.25) is 0 Å². The van der Waals surface area contributed by atoms with Crippen LogP contribution in [0.5, 0.6) is 5.75 Å². The molecule has 4 aromatic rings. The number of benzene rings is 2. The van der Waals surface area contributed by atoms with Crippen molar-refractivity contribution in [1.29, 1.82) is 0 Å². The highest BCUT2D eigenvalue weighted by atomic mass is 32.1. The summed E-state index contributed by atoms with van der Waals surface area (Å²) in [5, 5.41) is 6.62. The highest BCUT2D eigenvalue weighted by Crippen LogP contribution is 2.40. The molecule has 0 unspecified atom stereocenters. The van der Waals surface area contributed by atoms with Gasteiger partial charge >= 0.3 is 0 Å². The summed E-state index contributed by atoms with van der Waals surface area (Å²) < 4.78 is 21.6. The van der Waals surface area contributed by atoms with Crippen molar-refractivity contribution in [3.05, 3.63) is 108 Å². The second-order valence-electron chi connectivity index (χ2n) is 9.03. The molecule has 1 aliphatic rings. The molecular weight excluding hydrogens is 501 g/mol. The number of hydrogen-bond acceptors (Lipinski definition) is 4. The van der Waals surface area contributed by atoms with Crippen molar-refractivity contribution < 1.29 is 13.9 Å². The molecule has 1 aliphatic heterocycles. The van der Waals surface area contributed by atoms with E-state index in [2.05, 4.69) is 39.2 Å². The van der Waals surface area contributed by atoms with E-state index < -0.39 is 5.82 Å². The van der Waals surface area contributed by atoms with E-state index in [0.717, 1.165) is 28.5 Å². The second-order valence-corrected chi connectivity index (χ2v) is 9.42. The molecule has 0 radical (unpaired) electrons. The lowest BCUT2D eigenvalue weighted by molar-refractivity contribution is -0.116. The summed E-state index contributed by atoms with van der Waals surface area (Å²) >= 11 is 5.77. The minimum atomic E-state index is -0.472. The van der Waals surface area contributed by atoms with Crippen molar-refractivity contribution in [2.24, 2.45) is 0 Å². The number of nitrogens with zero attached hydrogens (tertiary/aromatic N) is 3. The second kappa shape index (κ2) is 11.0. The van der Waals surface area contributed by atoms with Crippen molar-refractivity contribution >= 4 is 28.9 Å². The zero-order valence-electron chi connectivity index (χ0n) is 21.1. The molecule has 9 heteroatoms. The van der Waals surface area contributed by atoms with Gasteiger partial charge in [0, 0.05) is 36.2 Å². The van der Waals surface area contributed by atoms with E-state index in [-0.39, 0.29) is 30.1 Å². The third-order valence-electron chi connectivity index (χ3n) is 6.67. The van der Waals surface area contributed by atoms with Crippen molar-refractivity contribution in [2.45, 2.75) is 25.4 Å². The van der Waals surface area contributed by atoms with Crippen LogP contribution < -0.4 is 15.4 Å². The van der Waals surface area contributed by atoms with E-state index in [1.165, 1.54) is 6.07 Å². The summed E-state index contributed by atoms with van der Waals surface area (Å²) in [6.07, 6.45) is 1.89. The number of aromatic nitrogens is 2. The third kappa shape index (κ3) is 5.10. The Bertz CT molecular complexity index is 1440. The Morgan fingerprint density at radius 3 is 2.55 bits per heavy atom. The lowest BCUT2D eigenvalue weighted by Gasteiger charge is -2.29. The summed E-state index contributed by atoms with van der Waals surface area (Å²) in [7, 11) is 1.64. The van der Waals surface area contributed by atoms with Crippen molar-refractivity contribution in [3.63, 3.8) is 0 Å². The largest absolute Gasteiger partial charge is 0.497 e. The van der Waals surface area contributed by atoms with Crippen LogP contribution >= 0.6 is 12.2 Å². The maximum absolute atomic E-state index is 14.1. The van der Waals surface area contributed by atoms with E-state index in [0.29, 0.717) is 11.7 Å². The fraction of sp³-hybridized carbons (Fsp3) is 0.207. The molecule has 0 spiro atoms. The minimum absolute atomic E-state index is 0.129. The number of methoxy groups -OCH3 is 1. The summed E-state index contributed by atoms with van der Waals surface area (Å²) in [4.78, 5) is 19.4. The number of nitrogens with one attached hydrogen (secondary N) is 2. The molecule has 2 N–H and O–H groups in total. The SMILES string of the molecule is COc1ccc(-n2c(C)ccc2[C@@H]2[C@H](c3ccccn3)NC(=S)N2CCC(=O)Nc2ccccc2F)cc1.